The fourth-order valence-electron chi connectivity index (χ4n) is 3.42. The molecule has 1 aromatic heterocycles. The maximum absolute atomic E-state index is 13.3. The molecule has 1 fully saturated rings. The largest absolute Gasteiger partial charge is 0.489 e. The first-order valence-corrected chi connectivity index (χ1v) is 10.3. The van der Waals surface area contributed by atoms with Crippen molar-refractivity contribution in [1.29, 1.82) is 0 Å². The van der Waals surface area contributed by atoms with E-state index in [1.807, 2.05) is 0 Å². The van der Waals surface area contributed by atoms with Gasteiger partial charge in [0.05, 0.1) is 11.9 Å². The Bertz CT molecular complexity index is 1070. The van der Waals surface area contributed by atoms with Crippen molar-refractivity contribution in [2.24, 2.45) is 0 Å². The molecule has 2 heterocycles. The summed E-state index contributed by atoms with van der Waals surface area (Å²) in [7, 11) is 0. The fourth-order valence-corrected chi connectivity index (χ4v) is 3.42. The number of benzene rings is 2. The molecule has 1 aliphatic heterocycles. The van der Waals surface area contributed by atoms with E-state index >= 15 is 0 Å². The molecule has 7 nitrogen and oxygen atoms in total. The number of piperazine rings is 1. The fraction of sp³-hybridized carbons (Fsp3) is 0.208. The molecule has 1 saturated heterocycles. The molecule has 4 rings (SSSR count). The van der Waals surface area contributed by atoms with Gasteiger partial charge in [0, 0.05) is 37.9 Å². The predicted octanol–water partition coefficient (Wildman–Crippen LogP) is 3.79. The van der Waals surface area contributed by atoms with Crippen molar-refractivity contribution in [1.82, 2.24) is 14.8 Å². The number of rotatable bonds is 5. The maximum Gasteiger partial charge on any atom is 0.322 e. The summed E-state index contributed by atoms with van der Waals surface area (Å²) in [5.74, 6) is 0.207. The standard InChI is InChI=1S/C24H23FN4O3/c25-20-4-1-3-18(15-20)17-32-22-8-6-19(7-9-22)23(30)28-11-13-29(14-12-28)24(31)27-21-5-2-10-26-16-21/h1-10,15-16H,11-14,17H2,(H,27,31). The van der Waals surface area contributed by atoms with E-state index in [1.165, 1.54) is 12.1 Å². The first-order chi connectivity index (χ1) is 15.6. The zero-order chi connectivity index (χ0) is 22.3. The van der Waals surface area contributed by atoms with Gasteiger partial charge in [-0.3, -0.25) is 9.78 Å². The van der Waals surface area contributed by atoms with Crippen LogP contribution in [0.15, 0.2) is 73.1 Å². The third kappa shape index (κ3) is 5.40. The lowest BCUT2D eigenvalue weighted by Gasteiger charge is -2.34. The van der Waals surface area contributed by atoms with Gasteiger partial charge in [-0.15, -0.1) is 0 Å². The minimum absolute atomic E-state index is 0.0889. The highest BCUT2D eigenvalue weighted by Gasteiger charge is 2.25. The average Bonchev–Trinajstić information content (AvgIpc) is 2.83. The number of nitrogens with one attached hydrogen (secondary N) is 1. The smallest absolute Gasteiger partial charge is 0.322 e. The van der Waals surface area contributed by atoms with E-state index in [1.54, 1.807) is 70.7 Å². The first kappa shape index (κ1) is 21.3. The molecule has 0 atom stereocenters. The Morgan fingerprint density at radius 3 is 2.41 bits per heavy atom. The summed E-state index contributed by atoms with van der Waals surface area (Å²) in [6, 6.07) is 16.4. The van der Waals surface area contributed by atoms with Gasteiger partial charge >= 0.3 is 6.03 Å². The number of amides is 3. The molecule has 0 bridgehead atoms. The van der Waals surface area contributed by atoms with E-state index in [4.69, 9.17) is 4.74 Å². The van der Waals surface area contributed by atoms with Gasteiger partial charge in [0.2, 0.25) is 0 Å². The van der Waals surface area contributed by atoms with Crippen LogP contribution in [0.4, 0.5) is 14.9 Å². The quantitative estimate of drug-likeness (QED) is 0.663. The van der Waals surface area contributed by atoms with Gasteiger partial charge in [0.25, 0.3) is 5.91 Å². The Balaban J connectivity index is 1.27. The van der Waals surface area contributed by atoms with Crippen molar-refractivity contribution in [3.8, 4) is 5.75 Å². The van der Waals surface area contributed by atoms with Crippen LogP contribution in [-0.2, 0) is 6.61 Å². The molecule has 0 saturated carbocycles. The van der Waals surface area contributed by atoms with Crippen molar-refractivity contribution in [3.63, 3.8) is 0 Å². The summed E-state index contributed by atoms with van der Waals surface area (Å²) < 4.78 is 18.9. The molecule has 0 aliphatic carbocycles. The summed E-state index contributed by atoms with van der Waals surface area (Å²) in [5, 5.41) is 2.81. The van der Waals surface area contributed by atoms with Crippen LogP contribution < -0.4 is 10.1 Å². The van der Waals surface area contributed by atoms with Crippen molar-refractivity contribution in [2.45, 2.75) is 6.61 Å². The molecule has 32 heavy (non-hydrogen) atoms. The van der Waals surface area contributed by atoms with Gasteiger partial charge in [-0.2, -0.15) is 0 Å². The molecule has 164 valence electrons. The van der Waals surface area contributed by atoms with E-state index in [0.29, 0.717) is 43.2 Å². The molecule has 1 N–H and O–H groups in total. The number of hydrogen-bond acceptors (Lipinski definition) is 4. The molecule has 3 aromatic rings. The number of anilines is 1. The van der Waals surface area contributed by atoms with Crippen LogP contribution in [0.25, 0.3) is 0 Å². The lowest BCUT2D eigenvalue weighted by atomic mass is 10.1. The normalized spacial score (nSPS) is 13.5. The van der Waals surface area contributed by atoms with Gasteiger partial charge in [-0.25, -0.2) is 9.18 Å². The van der Waals surface area contributed by atoms with Gasteiger partial charge in [0.15, 0.2) is 0 Å². The van der Waals surface area contributed by atoms with Crippen molar-refractivity contribution in [3.05, 3.63) is 90.0 Å². The monoisotopic (exact) mass is 434 g/mol. The zero-order valence-corrected chi connectivity index (χ0v) is 17.4. The number of nitrogens with zero attached hydrogens (tertiary/aromatic N) is 3. The Hall–Kier alpha value is -3.94. The highest BCUT2D eigenvalue weighted by molar-refractivity contribution is 5.94. The minimum Gasteiger partial charge on any atom is -0.489 e. The lowest BCUT2D eigenvalue weighted by Crippen LogP contribution is -2.51. The Kier molecular flexibility index (Phi) is 6.60. The highest BCUT2D eigenvalue weighted by Crippen LogP contribution is 2.17. The molecular formula is C24H23FN4O3. The van der Waals surface area contributed by atoms with Crippen LogP contribution in [-0.4, -0.2) is 52.9 Å². The topological polar surface area (TPSA) is 74.8 Å². The Labute approximate surface area is 185 Å². The summed E-state index contributed by atoms with van der Waals surface area (Å²) in [5.41, 5.74) is 1.92. The SMILES string of the molecule is O=C(Nc1cccnc1)N1CCN(C(=O)c2ccc(OCc3cccc(F)c3)cc2)CC1. The average molecular weight is 434 g/mol. The van der Waals surface area contributed by atoms with E-state index in [0.717, 1.165) is 5.56 Å². The molecule has 0 radical (unpaired) electrons. The molecule has 3 amide bonds. The number of urea groups is 1. The predicted molar refractivity (Wildman–Crippen MR) is 118 cm³/mol. The van der Waals surface area contributed by atoms with Gasteiger partial charge in [-0.1, -0.05) is 12.1 Å². The number of carbonyl (C=O) groups is 2. The molecule has 2 aromatic carbocycles. The molecule has 1 aliphatic rings. The highest BCUT2D eigenvalue weighted by atomic mass is 19.1. The summed E-state index contributed by atoms with van der Waals surface area (Å²) in [6.45, 7) is 2.06. The lowest BCUT2D eigenvalue weighted by molar-refractivity contribution is 0.0671. The third-order valence-corrected chi connectivity index (χ3v) is 5.16. The van der Waals surface area contributed by atoms with Crippen molar-refractivity contribution in [2.75, 3.05) is 31.5 Å². The van der Waals surface area contributed by atoms with Crippen LogP contribution in [0.3, 0.4) is 0 Å². The van der Waals surface area contributed by atoms with Crippen LogP contribution in [0.2, 0.25) is 0 Å². The number of ether oxygens (including phenoxy) is 1. The Morgan fingerprint density at radius 2 is 1.72 bits per heavy atom. The van der Waals surface area contributed by atoms with Crippen molar-refractivity contribution >= 4 is 17.6 Å². The Morgan fingerprint density at radius 1 is 0.969 bits per heavy atom. The van der Waals surface area contributed by atoms with Gasteiger partial charge < -0.3 is 19.9 Å². The minimum atomic E-state index is -0.304. The van der Waals surface area contributed by atoms with E-state index in [-0.39, 0.29) is 24.4 Å². The van der Waals surface area contributed by atoms with Crippen molar-refractivity contribution < 1.29 is 18.7 Å². The molecule has 8 heteroatoms. The second-order valence-electron chi connectivity index (χ2n) is 7.39. The molecule has 0 unspecified atom stereocenters. The zero-order valence-electron chi connectivity index (χ0n) is 17.4. The van der Waals surface area contributed by atoms with E-state index in [9.17, 15) is 14.0 Å². The first-order valence-electron chi connectivity index (χ1n) is 10.3. The summed E-state index contributed by atoms with van der Waals surface area (Å²) in [4.78, 5) is 32.6. The van der Waals surface area contributed by atoms with Crippen LogP contribution in [0, 0.1) is 5.82 Å². The number of aromatic nitrogens is 1. The van der Waals surface area contributed by atoms with Crippen LogP contribution in [0.1, 0.15) is 15.9 Å². The van der Waals surface area contributed by atoms with Crippen LogP contribution in [0.5, 0.6) is 5.75 Å². The summed E-state index contributed by atoms with van der Waals surface area (Å²) in [6.07, 6.45) is 3.23. The maximum atomic E-state index is 13.3. The second-order valence-corrected chi connectivity index (χ2v) is 7.39. The number of halogens is 1. The van der Waals surface area contributed by atoms with E-state index in [2.05, 4.69) is 10.3 Å². The second kappa shape index (κ2) is 9.91. The van der Waals surface area contributed by atoms with Gasteiger partial charge in [0.1, 0.15) is 18.2 Å². The van der Waals surface area contributed by atoms with Gasteiger partial charge in [-0.05, 0) is 54.1 Å². The number of hydrogen-bond donors (Lipinski definition) is 1. The number of pyridine rings is 1. The van der Waals surface area contributed by atoms with E-state index < -0.39 is 0 Å². The number of carbonyl (C=O) groups excluding carboxylic acids is 2. The summed E-state index contributed by atoms with van der Waals surface area (Å²) >= 11 is 0. The van der Waals surface area contributed by atoms with Crippen LogP contribution >= 0.6 is 0 Å². The molecule has 0 spiro atoms. The third-order valence-electron chi connectivity index (χ3n) is 5.16. The molecular weight excluding hydrogens is 411 g/mol.